The molecule has 0 spiro atoms. The molecule has 2 aromatic heterocycles. The van der Waals surface area contributed by atoms with Crippen LogP contribution in [-0.4, -0.2) is 14.8 Å². The summed E-state index contributed by atoms with van der Waals surface area (Å²) in [6, 6.07) is 15.5. The van der Waals surface area contributed by atoms with Crippen molar-refractivity contribution in [2.45, 2.75) is 0 Å². The van der Waals surface area contributed by atoms with Gasteiger partial charge in [-0.2, -0.15) is 9.78 Å². The van der Waals surface area contributed by atoms with Crippen molar-refractivity contribution in [2.75, 3.05) is 0 Å². The van der Waals surface area contributed by atoms with Crippen LogP contribution in [0.15, 0.2) is 71.7 Å². The third kappa shape index (κ3) is 2.57. The number of nitrogens with zero attached hydrogens (tertiary/aromatic N) is 3. The Morgan fingerprint density at radius 3 is 2.32 bits per heavy atom. The van der Waals surface area contributed by atoms with Crippen LogP contribution in [-0.2, 0) is 0 Å². The molecular weight excluding hydrogens is 324 g/mol. The average Bonchev–Trinajstić information content (AvgIpc) is 2.65. The van der Waals surface area contributed by atoms with Crippen molar-refractivity contribution in [3.8, 4) is 17.1 Å². The van der Waals surface area contributed by atoms with Gasteiger partial charge in [0.15, 0.2) is 17.5 Å². The molecule has 25 heavy (non-hydrogen) atoms. The van der Waals surface area contributed by atoms with Gasteiger partial charge in [-0.3, -0.25) is 4.79 Å². The molecule has 0 aliphatic rings. The van der Waals surface area contributed by atoms with Crippen molar-refractivity contribution in [3.05, 3.63) is 88.8 Å². The second-order valence-electron chi connectivity index (χ2n) is 5.43. The average molecular weight is 335 g/mol. The first-order chi connectivity index (χ1) is 12.1. The number of hydrogen-bond acceptors (Lipinski definition) is 3. The number of aromatic nitrogens is 3. The van der Waals surface area contributed by atoms with E-state index in [0.29, 0.717) is 27.8 Å². The van der Waals surface area contributed by atoms with Crippen LogP contribution in [0.1, 0.15) is 0 Å². The molecule has 4 aromatic rings. The highest BCUT2D eigenvalue weighted by Gasteiger charge is 2.15. The predicted molar refractivity (Wildman–Crippen MR) is 90.5 cm³/mol. The van der Waals surface area contributed by atoms with E-state index in [9.17, 15) is 13.6 Å². The fraction of sp³-hybridized carbons (Fsp3) is 0. The molecule has 4 rings (SSSR count). The lowest BCUT2D eigenvalue weighted by Crippen LogP contribution is -2.23. The lowest BCUT2D eigenvalue weighted by Gasteiger charge is -2.10. The molecule has 0 unspecified atom stereocenters. The predicted octanol–water partition coefficient (Wildman–Crippen LogP) is 3.73. The normalized spacial score (nSPS) is 11.0. The maximum absolute atomic E-state index is 13.7. The molecule has 0 saturated carbocycles. The maximum Gasteiger partial charge on any atom is 0.280 e. The summed E-state index contributed by atoms with van der Waals surface area (Å²) in [6.45, 7) is 0. The summed E-state index contributed by atoms with van der Waals surface area (Å²) in [5.74, 6) is -1.56. The smallest absolute Gasteiger partial charge is 0.267 e. The molecule has 0 radical (unpaired) electrons. The van der Waals surface area contributed by atoms with E-state index in [0.717, 1.165) is 12.1 Å². The van der Waals surface area contributed by atoms with E-state index in [-0.39, 0.29) is 5.56 Å². The lowest BCUT2D eigenvalue weighted by atomic mass is 10.0. The summed E-state index contributed by atoms with van der Waals surface area (Å²) in [5.41, 5.74) is 0.417. The summed E-state index contributed by atoms with van der Waals surface area (Å²) < 4.78 is 28.1. The third-order valence-electron chi connectivity index (χ3n) is 3.86. The van der Waals surface area contributed by atoms with Gasteiger partial charge in [0.2, 0.25) is 0 Å². The monoisotopic (exact) mass is 335 g/mol. The number of rotatable bonds is 2. The lowest BCUT2D eigenvalue weighted by molar-refractivity contribution is 0.509. The van der Waals surface area contributed by atoms with Crippen molar-refractivity contribution in [1.29, 1.82) is 0 Å². The van der Waals surface area contributed by atoms with Crippen LogP contribution in [0.25, 0.3) is 27.8 Å². The van der Waals surface area contributed by atoms with E-state index < -0.39 is 11.6 Å². The second kappa shape index (κ2) is 5.90. The Morgan fingerprint density at radius 2 is 1.60 bits per heavy atom. The zero-order valence-corrected chi connectivity index (χ0v) is 12.9. The van der Waals surface area contributed by atoms with Gasteiger partial charge in [-0.25, -0.2) is 13.8 Å². The maximum atomic E-state index is 13.7. The summed E-state index contributed by atoms with van der Waals surface area (Å²) >= 11 is 0. The van der Waals surface area contributed by atoms with Gasteiger partial charge in [0.05, 0.1) is 11.1 Å². The molecule has 6 heteroatoms. The van der Waals surface area contributed by atoms with Gasteiger partial charge in [0, 0.05) is 17.1 Å². The van der Waals surface area contributed by atoms with Crippen LogP contribution in [0, 0.1) is 11.6 Å². The number of halogens is 2. The van der Waals surface area contributed by atoms with E-state index in [1.165, 1.54) is 10.7 Å². The van der Waals surface area contributed by atoms with Crippen LogP contribution in [0.3, 0.4) is 0 Å². The van der Waals surface area contributed by atoms with E-state index in [1.54, 1.807) is 48.7 Å². The first-order valence-corrected chi connectivity index (χ1v) is 7.54. The fourth-order valence-corrected chi connectivity index (χ4v) is 2.68. The van der Waals surface area contributed by atoms with E-state index in [1.807, 2.05) is 0 Å². The highest BCUT2D eigenvalue weighted by molar-refractivity contribution is 5.93. The minimum Gasteiger partial charge on any atom is -0.267 e. The Bertz CT molecular complexity index is 1140. The molecule has 0 aliphatic heterocycles. The van der Waals surface area contributed by atoms with Crippen molar-refractivity contribution < 1.29 is 8.78 Å². The SMILES string of the molecule is O=c1c2ccccc2c(-c2ccc(F)c(F)c2)nn1-c1ccccn1. The Morgan fingerprint density at radius 1 is 0.840 bits per heavy atom. The number of hydrogen-bond donors (Lipinski definition) is 0. The Kier molecular flexibility index (Phi) is 3.57. The first kappa shape index (κ1) is 15.1. The number of pyridine rings is 1. The Balaban J connectivity index is 2.08. The van der Waals surface area contributed by atoms with Gasteiger partial charge < -0.3 is 0 Å². The molecule has 0 N–H and O–H groups in total. The third-order valence-corrected chi connectivity index (χ3v) is 3.86. The number of benzene rings is 2. The van der Waals surface area contributed by atoms with Crippen LogP contribution in [0.2, 0.25) is 0 Å². The molecule has 0 atom stereocenters. The second-order valence-corrected chi connectivity index (χ2v) is 5.43. The van der Waals surface area contributed by atoms with Gasteiger partial charge in [-0.05, 0) is 36.4 Å². The Labute approximate surface area is 141 Å². The number of fused-ring (bicyclic) bond motifs is 1. The van der Waals surface area contributed by atoms with Crippen LogP contribution >= 0.6 is 0 Å². The molecule has 122 valence electrons. The van der Waals surface area contributed by atoms with E-state index in [2.05, 4.69) is 10.1 Å². The molecule has 0 bridgehead atoms. The summed E-state index contributed by atoms with van der Waals surface area (Å²) in [6.07, 6.45) is 1.55. The van der Waals surface area contributed by atoms with E-state index >= 15 is 0 Å². The molecule has 0 fully saturated rings. The largest absolute Gasteiger partial charge is 0.280 e. The minimum absolute atomic E-state index is 0.333. The van der Waals surface area contributed by atoms with Gasteiger partial charge in [0.25, 0.3) is 5.56 Å². The zero-order valence-electron chi connectivity index (χ0n) is 12.9. The molecule has 0 saturated heterocycles. The molecule has 0 amide bonds. The standard InChI is InChI=1S/C19H11F2N3O/c20-15-9-8-12(11-16(15)21)18-13-5-1-2-6-14(13)19(25)24(23-18)17-7-3-4-10-22-17/h1-11H. The fourth-order valence-electron chi connectivity index (χ4n) is 2.68. The van der Waals surface area contributed by atoms with Crippen molar-refractivity contribution in [3.63, 3.8) is 0 Å². The van der Waals surface area contributed by atoms with Crippen LogP contribution in [0.5, 0.6) is 0 Å². The van der Waals surface area contributed by atoms with Crippen molar-refractivity contribution >= 4 is 10.8 Å². The zero-order chi connectivity index (χ0) is 17.4. The molecular formula is C19H11F2N3O. The molecule has 2 heterocycles. The minimum atomic E-state index is -0.973. The molecule has 0 aliphatic carbocycles. The van der Waals surface area contributed by atoms with Crippen LogP contribution in [0.4, 0.5) is 8.78 Å². The van der Waals surface area contributed by atoms with Gasteiger partial charge in [-0.1, -0.05) is 24.3 Å². The van der Waals surface area contributed by atoms with Crippen molar-refractivity contribution in [1.82, 2.24) is 14.8 Å². The highest BCUT2D eigenvalue weighted by Crippen LogP contribution is 2.26. The van der Waals surface area contributed by atoms with Crippen molar-refractivity contribution in [2.24, 2.45) is 0 Å². The summed E-state index contributed by atoms with van der Waals surface area (Å²) in [4.78, 5) is 16.9. The highest BCUT2D eigenvalue weighted by atomic mass is 19.2. The van der Waals surface area contributed by atoms with Gasteiger partial charge >= 0.3 is 0 Å². The molecule has 2 aromatic carbocycles. The first-order valence-electron chi connectivity index (χ1n) is 7.54. The van der Waals surface area contributed by atoms with Gasteiger partial charge in [-0.15, -0.1) is 0 Å². The Hall–Kier alpha value is -3.41. The topological polar surface area (TPSA) is 47.8 Å². The van der Waals surface area contributed by atoms with E-state index in [4.69, 9.17) is 0 Å². The quantitative estimate of drug-likeness (QED) is 0.561. The summed E-state index contributed by atoms with van der Waals surface area (Å²) in [5, 5.41) is 5.34. The van der Waals surface area contributed by atoms with Crippen LogP contribution < -0.4 is 5.56 Å². The van der Waals surface area contributed by atoms with Gasteiger partial charge in [0.1, 0.15) is 0 Å². The summed E-state index contributed by atoms with van der Waals surface area (Å²) in [7, 11) is 0. The molecule has 4 nitrogen and oxygen atoms in total.